The highest BCUT2D eigenvalue weighted by Gasteiger charge is 2.55. The molecule has 2 aliphatic heterocycles. The van der Waals surface area contributed by atoms with Crippen molar-refractivity contribution in [2.24, 2.45) is 0 Å². The van der Waals surface area contributed by atoms with E-state index >= 15 is 0 Å². The number of fused-ring (bicyclic) bond motifs is 2. The number of carbonyl (C=O) groups excluding carboxylic acids is 2. The Balaban J connectivity index is 2.15. The van der Waals surface area contributed by atoms with Crippen molar-refractivity contribution in [2.45, 2.75) is 11.7 Å². The number of benzene rings is 1. The Hall–Kier alpha value is -2.60. The minimum atomic E-state index is -1.15. The van der Waals surface area contributed by atoms with Gasteiger partial charge in [0.05, 0.1) is 32.5 Å². The number of hydrogen-bond donors (Lipinski definition) is 0. The van der Waals surface area contributed by atoms with Crippen molar-refractivity contribution in [3.05, 3.63) is 53.1 Å². The Labute approximate surface area is 133 Å². The van der Waals surface area contributed by atoms with E-state index in [0.717, 1.165) is 0 Å². The summed E-state index contributed by atoms with van der Waals surface area (Å²) in [5.74, 6) is -0.540. The van der Waals surface area contributed by atoms with Gasteiger partial charge in [0, 0.05) is 0 Å². The zero-order chi connectivity index (χ0) is 16.6. The molecule has 2 heterocycles. The van der Waals surface area contributed by atoms with Gasteiger partial charge >= 0.3 is 11.9 Å². The Morgan fingerprint density at radius 2 is 1.70 bits per heavy atom. The van der Waals surface area contributed by atoms with E-state index in [2.05, 4.69) is 0 Å². The number of methoxy groups -OCH3 is 3. The SMILES string of the molecule is COC(=O)C1=C(C(=O)OC)C2(c3ccc(OC)cc3)C=CC1O2. The van der Waals surface area contributed by atoms with Crippen molar-refractivity contribution in [1.82, 2.24) is 0 Å². The third kappa shape index (κ3) is 2.14. The molecule has 0 N–H and O–H groups in total. The Morgan fingerprint density at radius 3 is 2.26 bits per heavy atom. The summed E-state index contributed by atoms with van der Waals surface area (Å²) in [5.41, 5.74) is -0.105. The number of rotatable bonds is 4. The molecule has 0 radical (unpaired) electrons. The van der Waals surface area contributed by atoms with Crippen LogP contribution in [0.2, 0.25) is 0 Å². The minimum absolute atomic E-state index is 0.157. The molecule has 0 saturated heterocycles. The third-order valence-electron chi connectivity index (χ3n) is 4.06. The van der Waals surface area contributed by atoms with Crippen LogP contribution in [-0.4, -0.2) is 39.4 Å². The predicted molar refractivity (Wildman–Crippen MR) is 79.7 cm³/mol. The van der Waals surface area contributed by atoms with Gasteiger partial charge in [-0.2, -0.15) is 0 Å². The van der Waals surface area contributed by atoms with Gasteiger partial charge < -0.3 is 18.9 Å². The zero-order valence-electron chi connectivity index (χ0n) is 13.0. The van der Waals surface area contributed by atoms with Gasteiger partial charge in [0.2, 0.25) is 0 Å². The van der Waals surface area contributed by atoms with E-state index in [4.69, 9.17) is 18.9 Å². The second-order valence-electron chi connectivity index (χ2n) is 5.13. The topological polar surface area (TPSA) is 71.1 Å². The molecule has 0 saturated carbocycles. The first-order chi connectivity index (χ1) is 11.1. The molecule has 2 unspecified atom stereocenters. The van der Waals surface area contributed by atoms with E-state index in [9.17, 15) is 9.59 Å². The molecule has 0 aromatic heterocycles. The van der Waals surface area contributed by atoms with Gasteiger partial charge in [-0.1, -0.05) is 18.2 Å². The van der Waals surface area contributed by atoms with E-state index in [1.165, 1.54) is 14.2 Å². The van der Waals surface area contributed by atoms with E-state index in [1.54, 1.807) is 43.5 Å². The van der Waals surface area contributed by atoms with Gasteiger partial charge in [-0.05, 0) is 23.8 Å². The summed E-state index contributed by atoms with van der Waals surface area (Å²) >= 11 is 0. The van der Waals surface area contributed by atoms with E-state index < -0.39 is 23.6 Å². The summed E-state index contributed by atoms with van der Waals surface area (Å²) in [6.07, 6.45) is 2.87. The highest BCUT2D eigenvalue weighted by molar-refractivity contribution is 6.05. The normalized spacial score (nSPS) is 24.7. The fraction of sp³-hybridized carbons (Fsp3) is 0.294. The standard InChI is InChI=1S/C17H16O6/c1-20-11-6-4-10(5-7-11)17-9-8-12(23-17)13(15(18)21-2)14(17)16(19)22-3/h4-9,12H,1-3H3. The average molecular weight is 316 g/mol. The summed E-state index contributed by atoms with van der Waals surface area (Å²) in [7, 11) is 4.10. The van der Waals surface area contributed by atoms with Crippen LogP contribution < -0.4 is 4.74 Å². The predicted octanol–water partition coefficient (Wildman–Crippen LogP) is 1.50. The fourth-order valence-corrected chi connectivity index (χ4v) is 2.98. The van der Waals surface area contributed by atoms with Crippen molar-refractivity contribution in [2.75, 3.05) is 21.3 Å². The molecule has 1 aromatic rings. The first-order valence-electron chi connectivity index (χ1n) is 7.00. The second-order valence-corrected chi connectivity index (χ2v) is 5.13. The monoisotopic (exact) mass is 316 g/mol. The molecule has 23 heavy (non-hydrogen) atoms. The van der Waals surface area contributed by atoms with Crippen molar-refractivity contribution in [3.63, 3.8) is 0 Å². The van der Waals surface area contributed by atoms with Crippen LogP contribution in [0.4, 0.5) is 0 Å². The maximum Gasteiger partial charge on any atom is 0.338 e. The maximum atomic E-state index is 12.3. The van der Waals surface area contributed by atoms with Crippen LogP contribution in [0.15, 0.2) is 47.6 Å². The molecule has 0 spiro atoms. The smallest absolute Gasteiger partial charge is 0.338 e. The van der Waals surface area contributed by atoms with Crippen molar-refractivity contribution < 1.29 is 28.5 Å². The molecular formula is C17H16O6. The highest BCUT2D eigenvalue weighted by atomic mass is 16.6. The molecule has 0 amide bonds. The molecule has 2 atom stereocenters. The number of hydrogen-bond acceptors (Lipinski definition) is 6. The van der Waals surface area contributed by atoms with Crippen molar-refractivity contribution >= 4 is 11.9 Å². The van der Waals surface area contributed by atoms with Gasteiger partial charge in [-0.3, -0.25) is 0 Å². The summed E-state index contributed by atoms with van der Waals surface area (Å²) in [5, 5.41) is 0. The summed E-state index contributed by atoms with van der Waals surface area (Å²) in [6.45, 7) is 0. The summed E-state index contributed by atoms with van der Waals surface area (Å²) < 4.78 is 20.8. The fourth-order valence-electron chi connectivity index (χ4n) is 2.98. The van der Waals surface area contributed by atoms with E-state index in [1.807, 2.05) is 0 Å². The quantitative estimate of drug-likeness (QED) is 0.619. The summed E-state index contributed by atoms with van der Waals surface area (Å²) in [6, 6.07) is 7.10. The van der Waals surface area contributed by atoms with Crippen LogP contribution in [0.1, 0.15) is 5.56 Å². The van der Waals surface area contributed by atoms with Crippen LogP contribution in [0.25, 0.3) is 0 Å². The zero-order valence-corrected chi connectivity index (χ0v) is 13.0. The Kier molecular flexibility index (Phi) is 3.69. The molecule has 6 nitrogen and oxygen atoms in total. The maximum absolute atomic E-state index is 12.3. The molecule has 3 rings (SSSR count). The van der Waals surface area contributed by atoms with E-state index in [-0.39, 0.29) is 11.1 Å². The average Bonchev–Trinajstić information content (AvgIpc) is 3.18. The first-order valence-corrected chi connectivity index (χ1v) is 7.00. The molecule has 2 bridgehead atoms. The minimum Gasteiger partial charge on any atom is -0.497 e. The molecule has 2 aliphatic rings. The van der Waals surface area contributed by atoms with Crippen LogP contribution in [0.5, 0.6) is 5.75 Å². The molecule has 1 aromatic carbocycles. The molecule has 0 fully saturated rings. The lowest BCUT2D eigenvalue weighted by Crippen LogP contribution is -2.30. The second kappa shape index (κ2) is 5.55. The van der Waals surface area contributed by atoms with Crippen LogP contribution in [0, 0.1) is 0 Å². The van der Waals surface area contributed by atoms with Crippen LogP contribution in [-0.2, 0) is 29.4 Å². The van der Waals surface area contributed by atoms with Gasteiger partial charge in [-0.15, -0.1) is 0 Å². The number of carbonyl (C=O) groups is 2. The van der Waals surface area contributed by atoms with Crippen molar-refractivity contribution in [3.8, 4) is 5.75 Å². The van der Waals surface area contributed by atoms with Crippen molar-refractivity contribution in [1.29, 1.82) is 0 Å². The first kappa shape index (κ1) is 15.3. The Bertz CT molecular complexity index is 715. The lowest BCUT2D eigenvalue weighted by Gasteiger charge is -2.26. The number of ether oxygens (including phenoxy) is 4. The van der Waals surface area contributed by atoms with Gasteiger partial charge in [0.15, 0.2) is 0 Å². The van der Waals surface area contributed by atoms with Gasteiger partial charge in [0.1, 0.15) is 17.5 Å². The highest BCUT2D eigenvalue weighted by Crippen LogP contribution is 2.50. The van der Waals surface area contributed by atoms with E-state index in [0.29, 0.717) is 11.3 Å². The van der Waals surface area contributed by atoms with Gasteiger partial charge in [0.25, 0.3) is 0 Å². The number of esters is 2. The van der Waals surface area contributed by atoms with Crippen LogP contribution in [0.3, 0.4) is 0 Å². The molecule has 120 valence electrons. The van der Waals surface area contributed by atoms with Gasteiger partial charge in [-0.25, -0.2) is 9.59 Å². The largest absolute Gasteiger partial charge is 0.497 e. The summed E-state index contributed by atoms with van der Waals surface area (Å²) in [4.78, 5) is 24.4. The van der Waals surface area contributed by atoms with Crippen LogP contribution >= 0.6 is 0 Å². The molecule has 6 heteroatoms. The Morgan fingerprint density at radius 1 is 1.04 bits per heavy atom. The molecule has 0 aliphatic carbocycles. The third-order valence-corrected chi connectivity index (χ3v) is 4.06. The molecular weight excluding hydrogens is 300 g/mol. The lowest BCUT2D eigenvalue weighted by molar-refractivity contribution is -0.139. The lowest BCUT2D eigenvalue weighted by atomic mass is 9.81.